The van der Waals surface area contributed by atoms with Gasteiger partial charge in [-0.15, -0.1) is 0 Å². The molecule has 0 fully saturated rings. The van der Waals surface area contributed by atoms with Gasteiger partial charge in [0.1, 0.15) is 17.5 Å². The molecule has 0 spiro atoms. The van der Waals surface area contributed by atoms with Gasteiger partial charge in [0.25, 0.3) is 0 Å². The van der Waals surface area contributed by atoms with Gasteiger partial charge < -0.3 is 10.8 Å². The molecule has 1 aromatic carbocycles. The number of halogens is 3. The molecule has 0 aliphatic heterocycles. The highest BCUT2D eigenvalue weighted by Crippen LogP contribution is 2.23. The number of aliphatic carboxylic acids is 1. The van der Waals surface area contributed by atoms with Crippen molar-refractivity contribution in [2.45, 2.75) is 39.0 Å². The topological polar surface area (TPSA) is 63.3 Å². The minimum Gasteiger partial charge on any atom is -0.481 e. The van der Waals surface area contributed by atoms with Crippen molar-refractivity contribution in [3.8, 4) is 0 Å². The van der Waals surface area contributed by atoms with Crippen molar-refractivity contribution in [2.75, 3.05) is 6.54 Å². The molecule has 0 saturated carbocycles. The number of hydrogen-bond donors (Lipinski definition) is 2. The molecule has 6 heteroatoms. The van der Waals surface area contributed by atoms with Crippen LogP contribution in [0.3, 0.4) is 0 Å². The third-order valence-electron chi connectivity index (χ3n) is 3.97. The van der Waals surface area contributed by atoms with Gasteiger partial charge in [0, 0.05) is 24.2 Å². The van der Waals surface area contributed by atoms with Gasteiger partial charge in [-0.2, -0.15) is 0 Å². The van der Waals surface area contributed by atoms with Crippen molar-refractivity contribution < 1.29 is 23.1 Å². The van der Waals surface area contributed by atoms with Crippen LogP contribution in [-0.4, -0.2) is 17.6 Å². The summed E-state index contributed by atoms with van der Waals surface area (Å²) in [5, 5.41) is 9.01. The van der Waals surface area contributed by atoms with E-state index in [0.29, 0.717) is 31.4 Å². The molecule has 2 unspecified atom stereocenters. The van der Waals surface area contributed by atoms with E-state index in [9.17, 15) is 18.0 Å². The smallest absolute Gasteiger partial charge is 0.307 e. The maximum Gasteiger partial charge on any atom is 0.307 e. The number of hydrogen-bond acceptors (Lipinski definition) is 2. The van der Waals surface area contributed by atoms with Gasteiger partial charge >= 0.3 is 5.97 Å². The van der Waals surface area contributed by atoms with Crippen LogP contribution in [0.15, 0.2) is 12.1 Å². The predicted octanol–water partition coefficient (Wildman–Crippen LogP) is 3.50. The first-order valence-electron chi connectivity index (χ1n) is 7.45. The highest BCUT2D eigenvalue weighted by Gasteiger charge is 2.20. The first kappa shape index (κ1) is 18.5. The second kappa shape index (κ2) is 8.78. The normalized spacial score (nSPS) is 13.9. The molecule has 0 aliphatic carbocycles. The summed E-state index contributed by atoms with van der Waals surface area (Å²) in [7, 11) is 0. The molecule has 3 N–H and O–H groups in total. The van der Waals surface area contributed by atoms with Gasteiger partial charge in [0.15, 0.2) is 0 Å². The second-order valence-electron chi connectivity index (χ2n) is 5.52. The van der Waals surface area contributed by atoms with E-state index in [1.807, 2.05) is 6.92 Å². The standard InChI is InChI=1S/C16H22F3NO2/c1-2-10(6-11(9-20)16(21)22)4-3-5-13-14(18)7-12(17)8-15(13)19/h7-8,10-11H,2-6,9,20H2,1H3,(H,21,22). The van der Waals surface area contributed by atoms with Crippen LogP contribution < -0.4 is 5.73 Å². The average Bonchev–Trinajstić information content (AvgIpc) is 2.44. The Bertz CT molecular complexity index is 485. The van der Waals surface area contributed by atoms with E-state index >= 15 is 0 Å². The lowest BCUT2D eigenvalue weighted by Gasteiger charge is -2.18. The highest BCUT2D eigenvalue weighted by atomic mass is 19.1. The predicted molar refractivity (Wildman–Crippen MR) is 77.8 cm³/mol. The Balaban J connectivity index is 2.56. The number of carboxylic acid groups (broad SMARTS) is 1. The van der Waals surface area contributed by atoms with Crippen molar-refractivity contribution in [1.29, 1.82) is 0 Å². The van der Waals surface area contributed by atoms with E-state index in [1.54, 1.807) is 0 Å². The third kappa shape index (κ3) is 5.33. The molecule has 22 heavy (non-hydrogen) atoms. The number of carboxylic acids is 1. The van der Waals surface area contributed by atoms with Crippen LogP contribution in [0.4, 0.5) is 13.2 Å². The molecule has 0 heterocycles. The molecule has 1 rings (SSSR count). The highest BCUT2D eigenvalue weighted by molar-refractivity contribution is 5.70. The zero-order valence-corrected chi connectivity index (χ0v) is 12.6. The monoisotopic (exact) mass is 317 g/mol. The molecule has 0 bridgehead atoms. The minimum atomic E-state index is -0.933. The summed E-state index contributed by atoms with van der Waals surface area (Å²) in [6.45, 7) is 2.02. The van der Waals surface area contributed by atoms with E-state index in [2.05, 4.69) is 0 Å². The van der Waals surface area contributed by atoms with Crippen molar-refractivity contribution in [3.63, 3.8) is 0 Å². The fourth-order valence-corrected chi connectivity index (χ4v) is 2.57. The summed E-state index contributed by atoms with van der Waals surface area (Å²) < 4.78 is 39.9. The van der Waals surface area contributed by atoms with E-state index in [4.69, 9.17) is 10.8 Å². The Labute approximate surface area is 128 Å². The Hall–Kier alpha value is -1.56. The van der Waals surface area contributed by atoms with Crippen LogP contribution in [0.25, 0.3) is 0 Å². The fourth-order valence-electron chi connectivity index (χ4n) is 2.57. The molecule has 124 valence electrons. The van der Waals surface area contributed by atoms with E-state index in [-0.39, 0.29) is 24.4 Å². The zero-order chi connectivity index (χ0) is 16.7. The number of rotatable bonds is 9. The molecule has 0 aliphatic rings. The van der Waals surface area contributed by atoms with Crippen LogP contribution in [0.5, 0.6) is 0 Å². The van der Waals surface area contributed by atoms with Gasteiger partial charge in [0.05, 0.1) is 5.92 Å². The second-order valence-corrected chi connectivity index (χ2v) is 5.52. The number of nitrogens with two attached hydrogens (primary N) is 1. The fraction of sp³-hybridized carbons (Fsp3) is 0.562. The third-order valence-corrected chi connectivity index (χ3v) is 3.97. The lowest BCUT2D eigenvalue weighted by molar-refractivity contribution is -0.142. The van der Waals surface area contributed by atoms with Gasteiger partial charge in [-0.25, -0.2) is 13.2 Å². The Morgan fingerprint density at radius 3 is 2.32 bits per heavy atom. The molecular weight excluding hydrogens is 295 g/mol. The molecule has 0 aromatic heterocycles. The van der Waals surface area contributed by atoms with Crippen molar-refractivity contribution in [3.05, 3.63) is 35.1 Å². The first-order chi connectivity index (χ1) is 10.4. The maximum absolute atomic E-state index is 13.5. The summed E-state index contributed by atoms with van der Waals surface area (Å²) in [5.41, 5.74) is 5.31. The summed E-state index contributed by atoms with van der Waals surface area (Å²) >= 11 is 0. The van der Waals surface area contributed by atoms with Gasteiger partial charge in [-0.3, -0.25) is 4.79 Å². The molecule has 3 nitrogen and oxygen atoms in total. The SMILES string of the molecule is CCC(CCCc1c(F)cc(F)cc1F)CC(CN)C(=O)O. The van der Waals surface area contributed by atoms with Crippen LogP contribution >= 0.6 is 0 Å². The minimum absolute atomic E-state index is 0.0764. The number of benzene rings is 1. The summed E-state index contributed by atoms with van der Waals surface area (Å²) in [6.07, 6.45) is 2.55. The van der Waals surface area contributed by atoms with E-state index < -0.39 is 29.3 Å². The summed E-state index contributed by atoms with van der Waals surface area (Å²) in [6, 6.07) is 1.34. The van der Waals surface area contributed by atoms with Crippen molar-refractivity contribution in [1.82, 2.24) is 0 Å². The van der Waals surface area contributed by atoms with Crippen molar-refractivity contribution in [2.24, 2.45) is 17.6 Å². The summed E-state index contributed by atoms with van der Waals surface area (Å²) in [5.74, 6) is -4.07. The van der Waals surface area contributed by atoms with E-state index in [1.165, 1.54) is 0 Å². The first-order valence-corrected chi connectivity index (χ1v) is 7.45. The number of carbonyl (C=O) groups is 1. The van der Waals surface area contributed by atoms with Crippen LogP contribution in [-0.2, 0) is 11.2 Å². The van der Waals surface area contributed by atoms with Gasteiger partial charge in [0.2, 0.25) is 0 Å². The van der Waals surface area contributed by atoms with Crippen molar-refractivity contribution >= 4 is 5.97 Å². The molecule has 0 saturated heterocycles. The van der Waals surface area contributed by atoms with Gasteiger partial charge in [-0.1, -0.05) is 19.8 Å². The molecule has 0 amide bonds. The molecular formula is C16H22F3NO2. The zero-order valence-electron chi connectivity index (χ0n) is 12.6. The van der Waals surface area contributed by atoms with Crippen LogP contribution in [0.2, 0.25) is 0 Å². The maximum atomic E-state index is 13.5. The Morgan fingerprint density at radius 1 is 1.27 bits per heavy atom. The molecule has 2 atom stereocenters. The quantitative estimate of drug-likeness (QED) is 0.732. The molecule has 0 radical (unpaired) electrons. The average molecular weight is 317 g/mol. The summed E-state index contributed by atoms with van der Waals surface area (Å²) in [4.78, 5) is 11.0. The van der Waals surface area contributed by atoms with Crippen LogP contribution in [0, 0.1) is 29.3 Å². The van der Waals surface area contributed by atoms with Gasteiger partial charge in [-0.05, 0) is 25.2 Å². The lowest BCUT2D eigenvalue weighted by atomic mass is 9.88. The van der Waals surface area contributed by atoms with Crippen LogP contribution in [0.1, 0.15) is 38.2 Å². The molecule has 1 aromatic rings. The largest absolute Gasteiger partial charge is 0.481 e. The Kier molecular flexibility index (Phi) is 7.38. The lowest BCUT2D eigenvalue weighted by Crippen LogP contribution is -2.25. The van der Waals surface area contributed by atoms with E-state index in [0.717, 1.165) is 6.42 Å². The Morgan fingerprint density at radius 2 is 1.86 bits per heavy atom.